The van der Waals surface area contributed by atoms with Crippen molar-refractivity contribution in [3.05, 3.63) is 94.7 Å². The Hall–Kier alpha value is -2.59. The van der Waals surface area contributed by atoms with Crippen LogP contribution >= 0.6 is 23.2 Å². The lowest BCUT2D eigenvalue weighted by Gasteiger charge is -2.12. The fourth-order valence-electron chi connectivity index (χ4n) is 3.25. The molecule has 28 heavy (non-hydrogen) atoms. The van der Waals surface area contributed by atoms with Crippen molar-refractivity contribution in [3.63, 3.8) is 0 Å². The molecule has 0 fully saturated rings. The third kappa shape index (κ3) is 3.69. The Morgan fingerprint density at radius 1 is 0.821 bits per heavy atom. The van der Waals surface area contributed by atoms with Gasteiger partial charge in [-0.25, -0.2) is 0 Å². The number of aromatic nitrogens is 1. The standard InChI is InChI=1S/C22H14Cl2N2O.ClH/c23-16-8-4-14(5-9-16)19-13-18-3-1-2-12-26(18)21(22(25)27)20(19)15-6-10-17(24)11-7-15;/h1-13H,(H-,25,27);1H. The van der Waals surface area contributed by atoms with Crippen LogP contribution in [-0.4, -0.2) is 5.91 Å². The number of carbonyl (C=O) groups is 1. The van der Waals surface area contributed by atoms with Crippen LogP contribution in [0.4, 0.5) is 0 Å². The fourth-order valence-corrected chi connectivity index (χ4v) is 3.51. The zero-order valence-corrected chi connectivity index (χ0v) is 16.8. The van der Waals surface area contributed by atoms with Gasteiger partial charge in [0.2, 0.25) is 5.52 Å². The first-order valence-electron chi connectivity index (χ1n) is 8.33. The Morgan fingerprint density at radius 2 is 1.39 bits per heavy atom. The van der Waals surface area contributed by atoms with Gasteiger partial charge in [-0.2, -0.15) is 4.40 Å². The van der Waals surface area contributed by atoms with Gasteiger partial charge in [0.05, 0.1) is 5.56 Å². The van der Waals surface area contributed by atoms with Crippen LogP contribution in [0.2, 0.25) is 10.0 Å². The molecule has 0 radical (unpaired) electrons. The van der Waals surface area contributed by atoms with E-state index >= 15 is 0 Å². The number of benzene rings is 2. The van der Waals surface area contributed by atoms with E-state index in [1.54, 1.807) is 12.1 Å². The van der Waals surface area contributed by atoms with Crippen LogP contribution < -0.4 is 22.5 Å². The number of fused-ring (bicyclic) bond motifs is 1. The molecule has 0 aliphatic heterocycles. The van der Waals surface area contributed by atoms with Crippen LogP contribution in [0, 0.1) is 0 Å². The number of rotatable bonds is 3. The van der Waals surface area contributed by atoms with E-state index in [2.05, 4.69) is 0 Å². The van der Waals surface area contributed by atoms with Crippen molar-refractivity contribution in [2.45, 2.75) is 0 Å². The van der Waals surface area contributed by atoms with Gasteiger partial charge in [0.15, 0.2) is 6.20 Å². The number of hydrogen-bond donors (Lipinski definition) is 1. The van der Waals surface area contributed by atoms with Crippen molar-refractivity contribution in [2.75, 3.05) is 0 Å². The predicted molar refractivity (Wildman–Crippen MR) is 109 cm³/mol. The highest BCUT2D eigenvalue weighted by atomic mass is 35.5. The second-order valence-corrected chi connectivity index (χ2v) is 7.03. The minimum atomic E-state index is -0.503. The summed E-state index contributed by atoms with van der Waals surface area (Å²) in [5, 5.41) is 1.28. The molecule has 0 unspecified atom stereocenters. The van der Waals surface area contributed by atoms with Crippen molar-refractivity contribution >= 4 is 34.6 Å². The van der Waals surface area contributed by atoms with Crippen molar-refractivity contribution < 1.29 is 21.6 Å². The molecule has 140 valence electrons. The molecule has 0 aliphatic rings. The molecule has 0 atom stereocenters. The lowest BCUT2D eigenvalue weighted by atomic mass is 9.92. The summed E-state index contributed by atoms with van der Waals surface area (Å²) in [4.78, 5) is 12.5. The van der Waals surface area contributed by atoms with Crippen LogP contribution in [0.15, 0.2) is 79.0 Å². The maximum absolute atomic E-state index is 12.5. The molecule has 1 amide bonds. The number of nitrogens with zero attached hydrogens (tertiary/aromatic N) is 1. The van der Waals surface area contributed by atoms with E-state index in [0.29, 0.717) is 15.7 Å². The van der Waals surface area contributed by atoms with Gasteiger partial charge < -0.3 is 18.1 Å². The van der Waals surface area contributed by atoms with Gasteiger partial charge in [-0.3, -0.25) is 4.79 Å². The molecule has 3 nitrogen and oxygen atoms in total. The monoisotopic (exact) mass is 428 g/mol. The van der Waals surface area contributed by atoms with E-state index in [-0.39, 0.29) is 12.4 Å². The fraction of sp³-hybridized carbons (Fsp3) is 0. The van der Waals surface area contributed by atoms with Crippen LogP contribution in [0.5, 0.6) is 0 Å². The summed E-state index contributed by atoms with van der Waals surface area (Å²) >= 11 is 12.1. The number of primary amides is 1. The maximum atomic E-state index is 12.5. The molecule has 2 N–H and O–H groups in total. The Morgan fingerprint density at radius 3 is 1.96 bits per heavy atom. The largest absolute Gasteiger partial charge is 1.00 e. The van der Waals surface area contributed by atoms with E-state index in [0.717, 1.165) is 27.8 Å². The topological polar surface area (TPSA) is 47.2 Å². The van der Waals surface area contributed by atoms with Crippen molar-refractivity contribution in [2.24, 2.45) is 5.73 Å². The second-order valence-electron chi connectivity index (χ2n) is 6.16. The van der Waals surface area contributed by atoms with Gasteiger partial charge in [-0.05, 0) is 41.5 Å². The molecule has 4 rings (SSSR count). The van der Waals surface area contributed by atoms with Gasteiger partial charge in [-0.15, -0.1) is 0 Å². The Bertz CT molecular complexity index is 1160. The van der Waals surface area contributed by atoms with E-state index in [1.807, 2.05) is 71.3 Å². The molecule has 0 saturated carbocycles. The first kappa shape index (κ1) is 20.2. The molecule has 0 spiro atoms. The molecule has 0 bridgehead atoms. The van der Waals surface area contributed by atoms with E-state index in [1.165, 1.54) is 0 Å². The van der Waals surface area contributed by atoms with Crippen molar-refractivity contribution in [3.8, 4) is 22.3 Å². The van der Waals surface area contributed by atoms with Gasteiger partial charge in [0.25, 0.3) is 5.69 Å². The summed E-state index contributed by atoms with van der Waals surface area (Å²) in [5.41, 5.74) is 10.6. The number of nitrogens with two attached hydrogens (primary N) is 1. The lowest BCUT2D eigenvalue weighted by Crippen LogP contribution is -3.00. The average Bonchev–Trinajstić information content (AvgIpc) is 2.67. The zero-order chi connectivity index (χ0) is 19.0. The van der Waals surface area contributed by atoms with E-state index < -0.39 is 5.91 Å². The van der Waals surface area contributed by atoms with Crippen LogP contribution in [0.25, 0.3) is 27.8 Å². The smallest absolute Gasteiger partial charge is 0.314 e. The minimum Gasteiger partial charge on any atom is -1.00 e. The molecule has 0 aliphatic carbocycles. The molecule has 0 saturated heterocycles. The summed E-state index contributed by atoms with van der Waals surface area (Å²) in [6.45, 7) is 0. The summed E-state index contributed by atoms with van der Waals surface area (Å²) in [6.07, 6.45) is 1.83. The first-order chi connectivity index (χ1) is 13.0. The van der Waals surface area contributed by atoms with Crippen molar-refractivity contribution in [1.29, 1.82) is 0 Å². The van der Waals surface area contributed by atoms with Gasteiger partial charge >= 0.3 is 5.91 Å². The van der Waals surface area contributed by atoms with E-state index in [4.69, 9.17) is 28.9 Å². The first-order valence-corrected chi connectivity index (χ1v) is 9.09. The minimum absolute atomic E-state index is 0. The lowest BCUT2D eigenvalue weighted by molar-refractivity contribution is -0.514. The molecule has 4 aromatic rings. The number of amides is 1. The number of pyridine rings is 2. The third-order valence-corrected chi connectivity index (χ3v) is 4.96. The molecule has 2 aromatic heterocycles. The maximum Gasteiger partial charge on any atom is 0.314 e. The molecule has 2 aromatic carbocycles. The zero-order valence-electron chi connectivity index (χ0n) is 14.6. The molecular weight excluding hydrogens is 415 g/mol. The third-order valence-electron chi connectivity index (χ3n) is 4.45. The van der Waals surface area contributed by atoms with Crippen molar-refractivity contribution in [1.82, 2.24) is 0 Å². The number of hydrogen-bond acceptors (Lipinski definition) is 1. The highest BCUT2D eigenvalue weighted by Gasteiger charge is 2.27. The molecular formula is C22H15Cl3N2O. The Balaban J connectivity index is 0.00000225. The van der Waals surface area contributed by atoms with Gasteiger partial charge in [-0.1, -0.05) is 47.5 Å². The van der Waals surface area contributed by atoms with Crippen LogP contribution in [0.1, 0.15) is 10.5 Å². The van der Waals surface area contributed by atoms with Gasteiger partial charge in [0, 0.05) is 33.8 Å². The summed E-state index contributed by atoms with van der Waals surface area (Å²) in [6, 6.07) is 22.7. The SMILES string of the molecule is NC(=O)c1c(-c2ccc(Cl)cc2)c(-c2ccc(Cl)cc2)cc2cccc[n+]12.[Cl-]. The van der Waals surface area contributed by atoms with Crippen LogP contribution in [-0.2, 0) is 0 Å². The predicted octanol–water partition coefficient (Wildman–Crippen LogP) is 2.17. The highest BCUT2D eigenvalue weighted by molar-refractivity contribution is 6.31. The Kier molecular flexibility index (Phi) is 5.90. The average molecular weight is 430 g/mol. The van der Waals surface area contributed by atoms with E-state index in [9.17, 15) is 4.79 Å². The molecule has 2 heterocycles. The summed E-state index contributed by atoms with van der Waals surface area (Å²) in [7, 11) is 0. The quantitative estimate of drug-likeness (QED) is 0.499. The number of halogens is 3. The van der Waals surface area contributed by atoms with Crippen LogP contribution in [0.3, 0.4) is 0 Å². The number of carbonyl (C=O) groups excluding carboxylic acids is 1. The van der Waals surface area contributed by atoms with Gasteiger partial charge in [0.1, 0.15) is 0 Å². The Labute approximate surface area is 178 Å². The normalized spacial score (nSPS) is 10.5. The summed E-state index contributed by atoms with van der Waals surface area (Å²) < 4.78 is 1.81. The highest BCUT2D eigenvalue weighted by Crippen LogP contribution is 2.35. The second kappa shape index (κ2) is 8.19. The molecule has 6 heteroatoms. The summed E-state index contributed by atoms with van der Waals surface area (Å²) in [5.74, 6) is -0.503.